The zero-order valence-corrected chi connectivity index (χ0v) is 12.5. The summed E-state index contributed by atoms with van der Waals surface area (Å²) in [6.45, 7) is 2.01. The molecule has 0 amide bonds. The first kappa shape index (κ1) is 15.0. The van der Waals surface area contributed by atoms with E-state index in [1.165, 1.54) is 6.07 Å². The molecular formula is C15H19ClFN3. The number of aromatic nitrogens is 2. The molecule has 3 nitrogen and oxygen atoms in total. The highest BCUT2D eigenvalue weighted by molar-refractivity contribution is 6.31. The Balaban J connectivity index is 2.11. The molecule has 108 valence electrons. The van der Waals surface area contributed by atoms with Crippen molar-refractivity contribution in [3.8, 4) is 0 Å². The predicted octanol–water partition coefficient (Wildman–Crippen LogP) is 2.89. The lowest BCUT2D eigenvalue weighted by molar-refractivity contribution is 0.571. The maximum Gasteiger partial charge on any atom is 0.126 e. The maximum atomic E-state index is 13.6. The average Bonchev–Trinajstić information content (AvgIpc) is 2.69. The number of aryl methyl sites for hydroxylation is 2. The van der Waals surface area contributed by atoms with E-state index in [9.17, 15) is 4.39 Å². The van der Waals surface area contributed by atoms with Crippen molar-refractivity contribution in [1.82, 2.24) is 9.78 Å². The summed E-state index contributed by atoms with van der Waals surface area (Å²) in [5.41, 5.74) is 8.55. The molecule has 0 saturated heterocycles. The molecule has 1 heterocycles. The molecule has 2 rings (SSSR count). The van der Waals surface area contributed by atoms with Crippen molar-refractivity contribution in [3.63, 3.8) is 0 Å². The fraction of sp³-hybridized carbons (Fsp3) is 0.400. The molecule has 0 radical (unpaired) electrons. The van der Waals surface area contributed by atoms with E-state index in [4.69, 9.17) is 17.3 Å². The van der Waals surface area contributed by atoms with E-state index in [1.54, 1.807) is 16.8 Å². The van der Waals surface area contributed by atoms with Gasteiger partial charge in [0, 0.05) is 19.5 Å². The molecule has 0 fully saturated rings. The molecule has 2 N–H and O–H groups in total. The second kappa shape index (κ2) is 6.37. The first-order valence-electron chi connectivity index (χ1n) is 6.72. The van der Waals surface area contributed by atoms with E-state index in [-0.39, 0.29) is 11.9 Å². The third kappa shape index (κ3) is 3.19. The van der Waals surface area contributed by atoms with Gasteiger partial charge in [-0.25, -0.2) is 4.39 Å². The molecule has 1 unspecified atom stereocenters. The summed E-state index contributed by atoms with van der Waals surface area (Å²) < 4.78 is 15.4. The molecule has 0 saturated carbocycles. The minimum absolute atomic E-state index is 0.190. The molecule has 0 aliphatic rings. The zero-order chi connectivity index (χ0) is 14.7. The third-order valence-electron chi connectivity index (χ3n) is 3.40. The van der Waals surface area contributed by atoms with Crippen LogP contribution in [-0.2, 0) is 26.3 Å². The van der Waals surface area contributed by atoms with E-state index >= 15 is 0 Å². The van der Waals surface area contributed by atoms with Gasteiger partial charge in [0.1, 0.15) is 5.82 Å². The molecule has 0 aliphatic heterocycles. The summed E-state index contributed by atoms with van der Waals surface area (Å²) >= 11 is 6.30. The molecule has 1 atom stereocenters. The lowest BCUT2D eigenvalue weighted by atomic mass is 10.0. The van der Waals surface area contributed by atoms with Crippen molar-refractivity contribution in [1.29, 1.82) is 0 Å². The van der Waals surface area contributed by atoms with Gasteiger partial charge in [0.25, 0.3) is 0 Å². The second-order valence-corrected chi connectivity index (χ2v) is 5.32. The number of nitrogens with two attached hydrogens (primary N) is 1. The van der Waals surface area contributed by atoms with Crippen LogP contribution < -0.4 is 5.73 Å². The van der Waals surface area contributed by atoms with Gasteiger partial charge >= 0.3 is 0 Å². The zero-order valence-electron chi connectivity index (χ0n) is 11.7. The molecule has 0 bridgehead atoms. The Morgan fingerprint density at radius 1 is 1.35 bits per heavy atom. The Hall–Kier alpha value is -1.39. The molecule has 1 aromatic heterocycles. The number of benzene rings is 1. The van der Waals surface area contributed by atoms with E-state index in [2.05, 4.69) is 5.10 Å². The SMILES string of the molecule is CCc1nn(C)c(CC(N)Cc2ccccc2F)c1Cl. The summed E-state index contributed by atoms with van der Waals surface area (Å²) in [6.07, 6.45) is 1.85. The molecule has 5 heteroatoms. The van der Waals surface area contributed by atoms with E-state index in [1.807, 2.05) is 20.0 Å². The maximum absolute atomic E-state index is 13.6. The van der Waals surface area contributed by atoms with Gasteiger partial charge in [-0.15, -0.1) is 0 Å². The highest BCUT2D eigenvalue weighted by atomic mass is 35.5. The van der Waals surface area contributed by atoms with Gasteiger partial charge in [0.2, 0.25) is 0 Å². The van der Waals surface area contributed by atoms with E-state index < -0.39 is 0 Å². The normalized spacial score (nSPS) is 12.7. The number of nitrogens with zero attached hydrogens (tertiary/aromatic N) is 2. The van der Waals surface area contributed by atoms with Gasteiger partial charge in [-0.3, -0.25) is 4.68 Å². The molecule has 1 aromatic carbocycles. The molecule has 0 aliphatic carbocycles. The molecule has 2 aromatic rings. The summed E-state index contributed by atoms with van der Waals surface area (Å²) in [4.78, 5) is 0. The van der Waals surface area contributed by atoms with Crippen LogP contribution in [-0.4, -0.2) is 15.8 Å². The lowest BCUT2D eigenvalue weighted by Crippen LogP contribution is -2.27. The third-order valence-corrected chi connectivity index (χ3v) is 3.83. The van der Waals surface area contributed by atoms with Crippen LogP contribution >= 0.6 is 11.6 Å². The van der Waals surface area contributed by atoms with Gasteiger partial charge in [0.05, 0.1) is 16.4 Å². The summed E-state index contributed by atoms with van der Waals surface area (Å²) in [7, 11) is 1.86. The minimum Gasteiger partial charge on any atom is -0.327 e. The molecular weight excluding hydrogens is 277 g/mol. The minimum atomic E-state index is -0.215. The monoisotopic (exact) mass is 295 g/mol. The Labute approximate surface area is 123 Å². The van der Waals surface area contributed by atoms with Crippen LogP contribution in [0.2, 0.25) is 5.02 Å². The van der Waals surface area contributed by atoms with E-state index in [0.29, 0.717) is 23.4 Å². The number of rotatable bonds is 5. The van der Waals surface area contributed by atoms with Crippen molar-refractivity contribution in [2.24, 2.45) is 12.8 Å². The fourth-order valence-corrected chi connectivity index (χ4v) is 2.68. The average molecular weight is 296 g/mol. The Bertz CT molecular complexity index is 595. The summed E-state index contributed by atoms with van der Waals surface area (Å²) in [6, 6.07) is 6.52. The van der Waals surface area contributed by atoms with Crippen molar-refractivity contribution in [3.05, 3.63) is 52.1 Å². The Morgan fingerprint density at radius 2 is 2.05 bits per heavy atom. The Morgan fingerprint density at radius 3 is 2.65 bits per heavy atom. The number of halogens is 2. The molecule has 20 heavy (non-hydrogen) atoms. The van der Waals surface area contributed by atoms with Crippen LogP contribution in [0.5, 0.6) is 0 Å². The van der Waals surface area contributed by atoms with Crippen LogP contribution in [0, 0.1) is 5.82 Å². The lowest BCUT2D eigenvalue weighted by Gasteiger charge is -2.13. The predicted molar refractivity (Wildman–Crippen MR) is 79.4 cm³/mol. The van der Waals surface area contributed by atoms with Crippen molar-refractivity contribution < 1.29 is 4.39 Å². The van der Waals surface area contributed by atoms with Crippen LogP contribution in [0.1, 0.15) is 23.9 Å². The van der Waals surface area contributed by atoms with E-state index in [0.717, 1.165) is 17.8 Å². The van der Waals surface area contributed by atoms with Gasteiger partial charge in [0.15, 0.2) is 0 Å². The van der Waals surface area contributed by atoms with Gasteiger partial charge in [-0.1, -0.05) is 36.7 Å². The van der Waals surface area contributed by atoms with Crippen LogP contribution in [0.3, 0.4) is 0 Å². The smallest absolute Gasteiger partial charge is 0.126 e. The first-order valence-corrected chi connectivity index (χ1v) is 7.10. The standard InChI is InChI=1S/C15H19ClFN3/c1-3-13-15(16)14(20(2)19-13)9-11(18)8-10-6-4-5-7-12(10)17/h4-7,11H,3,8-9,18H2,1-2H3. The topological polar surface area (TPSA) is 43.8 Å². The van der Waals surface area contributed by atoms with Crippen molar-refractivity contribution in [2.75, 3.05) is 0 Å². The summed E-state index contributed by atoms with van der Waals surface area (Å²) in [5, 5.41) is 5.04. The quantitative estimate of drug-likeness (QED) is 0.922. The van der Waals surface area contributed by atoms with Crippen molar-refractivity contribution in [2.45, 2.75) is 32.2 Å². The highest BCUT2D eigenvalue weighted by Crippen LogP contribution is 2.22. The van der Waals surface area contributed by atoms with Crippen molar-refractivity contribution >= 4 is 11.6 Å². The Kier molecular flexibility index (Phi) is 4.78. The number of hydrogen-bond acceptors (Lipinski definition) is 2. The van der Waals surface area contributed by atoms with Gasteiger partial charge in [-0.05, 0) is 24.5 Å². The number of hydrogen-bond donors (Lipinski definition) is 1. The van der Waals surface area contributed by atoms with Crippen LogP contribution in [0.25, 0.3) is 0 Å². The molecule has 0 spiro atoms. The van der Waals surface area contributed by atoms with Crippen LogP contribution in [0.15, 0.2) is 24.3 Å². The van der Waals surface area contributed by atoms with Crippen LogP contribution in [0.4, 0.5) is 4.39 Å². The fourth-order valence-electron chi connectivity index (χ4n) is 2.31. The largest absolute Gasteiger partial charge is 0.327 e. The second-order valence-electron chi connectivity index (χ2n) is 4.94. The first-order chi connectivity index (χ1) is 9.52. The van der Waals surface area contributed by atoms with Gasteiger partial charge < -0.3 is 5.73 Å². The summed E-state index contributed by atoms with van der Waals surface area (Å²) in [5.74, 6) is -0.215. The van der Waals surface area contributed by atoms with Gasteiger partial charge in [-0.2, -0.15) is 5.10 Å². The highest BCUT2D eigenvalue weighted by Gasteiger charge is 2.17.